The summed E-state index contributed by atoms with van der Waals surface area (Å²) in [5.74, 6) is 0.836. The van der Waals surface area contributed by atoms with Crippen LogP contribution >= 0.6 is 11.6 Å². The van der Waals surface area contributed by atoms with Crippen molar-refractivity contribution in [2.45, 2.75) is 46.0 Å². The largest absolute Gasteiger partial charge is 0.342 e. The lowest BCUT2D eigenvalue weighted by Gasteiger charge is -2.38. The van der Waals surface area contributed by atoms with Crippen LogP contribution in [0.4, 0.5) is 5.82 Å². The van der Waals surface area contributed by atoms with Gasteiger partial charge in [0, 0.05) is 34.2 Å². The average molecular weight is 432 g/mol. The number of allylic oxidation sites excluding steroid dienone is 2. The zero-order valence-electron chi connectivity index (χ0n) is 18.1. The summed E-state index contributed by atoms with van der Waals surface area (Å²) in [7, 11) is 0. The Morgan fingerprint density at radius 1 is 1.06 bits per heavy atom. The SMILES string of the molecule is CCc1ccc(-c2[nH]nc3c2C(c2ccc(Cl)cc2)C2=C(CC(C)(C)CC2=O)N3)cc1. The number of anilines is 1. The van der Waals surface area contributed by atoms with E-state index in [-0.39, 0.29) is 17.1 Å². The first-order valence-electron chi connectivity index (χ1n) is 10.8. The van der Waals surface area contributed by atoms with E-state index in [0.29, 0.717) is 11.4 Å². The highest BCUT2D eigenvalue weighted by molar-refractivity contribution is 6.30. The van der Waals surface area contributed by atoms with Crippen molar-refractivity contribution in [1.29, 1.82) is 0 Å². The molecule has 5 heteroatoms. The van der Waals surface area contributed by atoms with Gasteiger partial charge in [-0.05, 0) is 47.1 Å². The molecule has 5 rings (SSSR count). The Kier molecular flexibility index (Phi) is 4.78. The van der Waals surface area contributed by atoms with Crippen LogP contribution < -0.4 is 5.32 Å². The minimum atomic E-state index is -0.174. The fraction of sp³-hybridized carbons (Fsp3) is 0.308. The van der Waals surface area contributed by atoms with Crippen molar-refractivity contribution < 1.29 is 4.79 Å². The topological polar surface area (TPSA) is 57.8 Å². The fourth-order valence-corrected chi connectivity index (χ4v) is 5.04. The van der Waals surface area contributed by atoms with Crippen LogP contribution in [0.2, 0.25) is 5.02 Å². The monoisotopic (exact) mass is 431 g/mol. The van der Waals surface area contributed by atoms with Gasteiger partial charge in [-0.25, -0.2) is 0 Å². The molecule has 2 N–H and O–H groups in total. The van der Waals surface area contributed by atoms with Crippen LogP contribution in [-0.2, 0) is 11.2 Å². The van der Waals surface area contributed by atoms with Crippen molar-refractivity contribution in [3.05, 3.63) is 81.5 Å². The molecule has 31 heavy (non-hydrogen) atoms. The number of H-pyrrole nitrogens is 1. The van der Waals surface area contributed by atoms with Crippen molar-refractivity contribution in [2.24, 2.45) is 5.41 Å². The number of Topliss-reactive ketones (excluding diaryl/α,β-unsaturated/α-hetero) is 1. The first-order valence-corrected chi connectivity index (χ1v) is 11.2. The highest BCUT2D eigenvalue weighted by Crippen LogP contribution is 2.50. The van der Waals surface area contributed by atoms with Crippen LogP contribution in [0.5, 0.6) is 0 Å². The molecule has 0 spiro atoms. The summed E-state index contributed by atoms with van der Waals surface area (Å²) in [4.78, 5) is 13.4. The van der Waals surface area contributed by atoms with Crippen molar-refractivity contribution in [3.63, 3.8) is 0 Å². The number of ketones is 1. The summed E-state index contributed by atoms with van der Waals surface area (Å²) in [6, 6.07) is 16.4. The van der Waals surface area contributed by atoms with E-state index in [2.05, 4.69) is 60.6 Å². The molecule has 2 heterocycles. The summed E-state index contributed by atoms with van der Waals surface area (Å²) in [5.41, 5.74) is 7.18. The van der Waals surface area contributed by atoms with E-state index in [0.717, 1.165) is 52.3 Å². The average Bonchev–Trinajstić information content (AvgIpc) is 3.15. The van der Waals surface area contributed by atoms with E-state index in [1.54, 1.807) is 0 Å². The van der Waals surface area contributed by atoms with Crippen LogP contribution in [0.15, 0.2) is 59.8 Å². The Labute approximate surface area is 187 Å². The van der Waals surface area contributed by atoms with Gasteiger partial charge >= 0.3 is 0 Å². The lowest BCUT2D eigenvalue weighted by Crippen LogP contribution is -2.33. The molecular formula is C26H26ClN3O. The molecule has 1 aliphatic heterocycles. The van der Waals surface area contributed by atoms with Gasteiger partial charge in [0.1, 0.15) is 0 Å². The molecule has 4 nitrogen and oxygen atoms in total. The van der Waals surface area contributed by atoms with E-state index in [1.165, 1.54) is 5.56 Å². The van der Waals surface area contributed by atoms with Crippen molar-refractivity contribution in [1.82, 2.24) is 10.2 Å². The number of halogens is 1. The molecule has 2 aromatic carbocycles. The lowest BCUT2D eigenvalue weighted by molar-refractivity contribution is -0.118. The number of aromatic amines is 1. The molecule has 1 aromatic heterocycles. The molecule has 0 amide bonds. The zero-order chi connectivity index (χ0) is 21.8. The Bertz CT molecular complexity index is 1190. The predicted octanol–water partition coefficient (Wildman–Crippen LogP) is 6.49. The lowest BCUT2D eigenvalue weighted by atomic mass is 9.69. The molecule has 0 saturated carbocycles. The number of nitrogens with one attached hydrogen (secondary N) is 2. The number of aromatic nitrogens is 2. The van der Waals surface area contributed by atoms with E-state index in [4.69, 9.17) is 11.6 Å². The van der Waals surface area contributed by atoms with Crippen LogP contribution in [0.25, 0.3) is 11.3 Å². The second-order valence-corrected chi connectivity index (χ2v) is 9.79. The van der Waals surface area contributed by atoms with Gasteiger partial charge in [0.05, 0.1) is 5.69 Å². The van der Waals surface area contributed by atoms with Gasteiger partial charge in [-0.3, -0.25) is 9.89 Å². The number of benzene rings is 2. The van der Waals surface area contributed by atoms with Gasteiger partial charge in [-0.1, -0.05) is 68.8 Å². The van der Waals surface area contributed by atoms with E-state index >= 15 is 0 Å². The number of nitrogens with zero attached hydrogens (tertiary/aromatic N) is 1. The summed E-state index contributed by atoms with van der Waals surface area (Å²) in [6.45, 7) is 6.45. The summed E-state index contributed by atoms with van der Waals surface area (Å²) in [6.07, 6.45) is 2.37. The minimum absolute atomic E-state index is 0.0694. The number of hydrogen-bond acceptors (Lipinski definition) is 3. The predicted molar refractivity (Wildman–Crippen MR) is 125 cm³/mol. The van der Waals surface area contributed by atoms with Gasteiger partial charge in [0.2, 0.25) is 0 Å². The summed E-state index contributed by atoms with van der Waals surface area (Å²) in [5, 5.41) is 12.1. The maximum absolute atomic E-state index is 13.4. The molecule has 1 aliphatic carbocycles. The van der Waals surface area contributed by atoms with Gasteiger partial charge < -0.3 is 5.32 Å². The third kappa shape index (κ3) is 3.49. The Morgan fingerprint density at radius 2 is 1.77 bits per heavy atom. The third-order valence-corrected chi connectivity index (χ3v) is 6.68. The Hall–Kier alpha value is -2.85. The molecule has 1 atom stereocenters. The van der Waals surface area contributed by atoms with Gasteiger partial charge in [-0.15, -0.1) is 0 Å². The molecule has 0 fully saturated rings. The quantitative estimate of drug-likeness (QED) is 0.498. The highest BCUT2D eigenvalue weighted by Gasteiger charge is 2.42. The van der Waals surface area contributed by atoms with Gasteiger partial charge in [0.25, 0.3) is 0 Å². The summed E-state index contributed by atoms with van der Waals surface area (Å²) < 4.78 is 0. The second kappa shape index (κ2) is 7.38. The van der Waals surface area contributed by atoms with Crippen molar-refractivity contribution in [3.8, 4) is 11.3 Å². The fourth-order valence-electron chi connectivity index (χ4n) is 4.91. The second-order valence-electron chi connectivity index (χ2n) is 9.35. The van der Waals surface area contributed by atoms with Crippen LogP contribution in [-0.4, -0.2) is 16.0 Å². The van der Waals surface area contributed by atoms with E-state index in [1.807, 2.05) is 24.3 Å². The maximum atomic E-state index is 13.4. The van der Waals surface area contributed by atoms with Crippen LogP contribution in [0, 0.1) is 5.41 Å². The smallest absolute Gasteiger partial charge is 0.162 e. The first-order chi connectivity index (χ1) is 14.9. The molecule has 3 aromatic rings. The highest BCUT2D eigenvalue weighted by atomic mass is 35.5. The van der Waals surface area contributed by atoms with Crippen molar-refractivity contribution in [2.75, 3.05) is 5.32 Å². The van der Waals surface area contributed by atoms with Gasteiger partial charge in [0.15, 0.2) is 11.6 Å². The number of carbonyl (C=O) groups excluding carboxylic acids is 1. The standard InChI is InChI=1S/C26H26ClN3O/c1-4-15-5-7-17(8-6-15)24-23-21(16-9-11-18(27)12-10-16)22-19(28-25(23)30-29-24)13-26(2,3)14-20(22)31/h5-12,21H,4,13-14H2,1-3H3,(H2,28,29,30). The van der Waals surface area contributed by atoms with Crippen molar-refractivity contribution >= 4 is 23.2 Å². The summed E-state index contributed by atoms with van der Waals surface area (Å²) >= 11 is 6.18. The third-order valence-electron chi connectivity index (χ3n) is 6.42. The van der Waals surface area contributed by atoms with Crippen LogP contribution in [0.3, 0.4) is 0 Å². The Morgan fingerprint density at radius 3 is 2.45 bits per heavy atom. The Balaban J connectivity index is 1.70. The number of rotatable bonds is 3. The zero-order valence-corrected chi connectivity index (χ0v) is 18.8. The maximum Gasteiger partial charge on any atom is 0.162 e. The first kappa shape index (κ1) is 20.1. The molecule has 0 bridgehead atoms. The minimum Gasteiger partial charge on any atom is -0.342 e. The molecule has 2 aliphatic rings. The number of carbonyl (C=O) groups is 1. The van der Waals surface area contributed by atoms with Crippen LogP contribution in [0.1, 0.15) is 56.2 Å². The van der Waals surface area contributed by atoms with Gasteiger partial charge in [-0.2, -0.15) is 5.10 Å². The van der Waals surface area contributed by atoms with E-state index in [9.17, 15) is 4.79 Å². The number of aryl methyl sites for hydroxylation is 1. The molecule has 0 radical (unpaired) electrons. The molecule has 1 unspecified atom stereocenters. The molecule has 158 valence electrons. The van der Waals surface area contributed by atoms with E-state index < -0.39 is 0 Å². The molecular weight excluding hydrogens is 406 g/mol. The molecule has 0 saturated heterocycles. The normalized spacial score (nSPS) is 19.6. The number of hydrogen-bond donors (Lipinski definition) is 2. The number of fused-ring (bicyclic) bond motifs is 1.